The Kier molecular flexibility index (Phi) is 5.99. The van der Waals surface area contributed by atoms with Crippen molar-refractivity contribution >= 4 is 16.9 Å². The van der Waals surface area contributed by atoms with Gasteiger partial charge >= 0.3 is 0 Å². The molecule has 3 aromatic heterocycles. The highest BCUT2D eigenvalue weighted by atomic mass is 16.5. The van der Waals surface area contributed by atoms with Crippen LogP contribution in [0.3, 0.4) is 0 Å². The zero-order valence-electron chi connectivity index (χ0n) is 19.4. The lowest BCUT2D eigenvalue weighted by Gasteiger charge is -2.28. The number of hydrogen-bond acceptors (Lipinski definition) is 7. The van der Waals surface area contributed by atoms with Gasteiger partial charge in [-0.3, -0.25) is 10.00 Å². The molecule has 6 rings (SSSR count). The molecule has 1 aromatic carbocycles. The summed E-state index contributed by atoms with van der Waals surface area (Å²) >= 11 is 0. The smallest absolute Gasteiger partial charge is 0.195 e. The Labute approximate surface area is 198 Å². The fraction of sp³-hybridized carbons (Fsp3) is 0.423. The topological polar surface area (TPSA) is 83.3 Å². The molecule has 34 heavy (non-hydrogen) atoms. The SMILES string of the molecule is c1ccc(-c2cc(Cc3nc(N4CCOCC4)c4oc(CN5CCCCC5)cc4n3)[nH]n2)cc1. The molecule has 176 valence electrons. The van der Waals surface area contributed by atoms with Crippen molar-refractivity contribution in [2.75, 3.05) is 44.3 Å². The van der Waals surface area contributed by atoms with E-state index in [1.807, 2.05) is 18.2 Å². The molecule has 2 aliphatic heterocycles. The quantitative estimate of drug-likeness (QED) is 0.467. The van der Waals surface area contributed by atoms with E-state index in [1.54, 1.807) is 0 Å². The van der Waals surface area contributed by atoms with E-state index in [-0.39, 0.29) is 0 Å². The van der Waals surface area contributed by atoms with Gasteiger partial charge in [-0.05, 0) is 32.0 Å². The molecular weight excluding hydrogens is 428 g/mol. The molecular formula is C26H30N6O2. The predicted octanol–water partition coefficient (Wildman–Crippen LogP) is 4.03. The van der Waals surface area contributed by atoms with Gasteiger partial charge in [-0.15, -0.1) is 0 Å². The second-order valence-electron chi connectivity index (χ2n) is 9.15. The van der Waals surface area contributed by atoms with Crippen LogP contribution < -0.4 is 4.90 Å². The maximum absolute atomic E-state index is 6.35. The number of hydrogen-bond donors (Lipinski definition) is 1. The number of anilines is 1. The number of likely N-dealkylation sites (tertiary alicyclic amines) is 1. The molecule has 1 N–H and O–H groups in total. The second kappa shape index (κ2) is 9.56. The van der Waals surface area contributed by atoms with Crippen molar-refractivity contribution in [1.29, 1.82) is 0 Å². The first-order valence-corrected chi connectivity index (χ1v) is 12.3. The number of rotatable bonds is 6. The van der Waals surface area contributed by atoms with Crippen LogP contribution >= 0.6 is 0 Å². The molecule has 0 saturated carbocycles. The van der Waals surface area contributed by atoms with E-state index in [1.165, 1.54) is 19.3 Å². The predicted molar refractivity (Wildman–Crippen MR) is 131 cm³/mol. The van der Waals surface area contributed by atoms with Crippen molar-refractivity contribution in [3.05, 3.63) is 59.7 Å². The maximum atomic E-state index is 6.35. The Balaban J connectivity index is 1.31. The summed E-state index contributed by atoms with van der Waals surface area (Å²) in [5, 5.41) is 7.66. The van der Waals surface area contributed by atoms with Crippen LogP contribution in [0.1, 0.15) is 36.5 Å². The number of ether oxygens (including phenoxy) is 1. The number of aromatic amines is 1. The van der Waals surface area contributed by atoms with Gasteiger partial charge in [0.05, 0.1) is 25.5 Å². The zero-order chi connectivity index (χ0) is 22.7. The third kappa shape index (κ3) is 4.56. The first-order valence-electron chi connectivity index (χ1n) is 12.3. The minimum atomic E-state index is 0.583. The summed E-state index contributed by atoms with van der Waals surface area (Å²) in [4.78, 5) is 14.6. The van der Waals surface area contributed by atoms with Crippen molar-refractivity contribution in [2.45, 2.75) is 32.2 Å². The van der Waals surface area contributed by atoms with Crippen molar-refractivity contribution in [2.24, 2.45) is 0 Å². The molecule has 2 saturated heterocycles. The van der Waals surface area contributed by atoms with Gasteiger partial charge in [-0.2, -0.15) is 5.10 Å². The van der Waals surface area contributed by atoms with Crippen LogP contribution in [0.5, 0.6) is 0 Å². The lowest BCUT2D eigenvalue weighted by molar-refractivity contribution is 0.122. The van der Waals surface area contributed by atoms with Gasteiger partial charge in [0.15, 0.2) is 11.4 Å². The Morgan fingerprint density at radius 2 is 1.74 bits per heavy atom. The van der Waals surface area contributed by atoms with Gasteiger partial charge in [0.2, 0.25) is 0 Å². The number of nitrogens with one attached hydrogen (secondary N) is 1. The summed E-state index contributed by atoms with van der Waals surface area (Å²) in [6, 6.07) is 14.4. The molecule has 8 nitrogen and oxygen atoms in total. The van der Waals surface area contributed by atoms with E-state index in [0.29, 0.717) is 19.6 Å². The van der Waals surface area contributed by atoms with E-state index >= 15 is 0 Å². The Morgan fingerprint density at radius 1 is 0.912 bits per heavy atom. The second-order valence-corrected chi connectivity index (χ2v) is 9.15. The molecule has 8 heteroatoms. The van der Waals surface area contributed by atoms with Gasteiger partial charge in [0.25, 0.3) is 0 Å². The lowest BCUT2D eigenvalue weighted by Crippen LogP contribution is -2.37. The van der Waals surface area contributed by atoms with Gasteiger partial charge in [0.1, 0.15) is 17.1 Å². The number of furan rings is 1. The zero-order valence-corrected chi connectivity index (χ0v) is 19.4. The van der Waals surface area contributed by atoms with Crippen molar-refractivity contribution in [1.82, 2.24) is 25.1 Å². The number of piperidine rings is 1. The highest BCUT2D eigenvalue weighted by Gasteiger charge is 2.22. The van der Waals surface area contributed by atoms with Crippen LogP contribution in [-0.4, -0.2) is 64.5 Å². The Morgan fingerprint density at radius 3 is 2.56 bits per heavy atom. The number of nitrogens with zero attached hydrogens (tertiary/aromatic N) is 5. The fourth-order valence-electron chi connectivity index (χ4n) is 4.87. The molecule has 0 unspecified atom stereocenters. The normalized spacial score (nSPS) is 17.5. The monoisotopic (exact) mass is 458 g/mol. The molecule has 2 aliphatic rings. The molecule has 0 bridgehead atoms. The maximum Gasteiger partial charge on any atom is 0.195 e. The molecule has 0 aliphatic carbocycles. The summed E-state index contributed by atoms with van der Waals surface area (Å²) in [7, 11) is 0. The molecule has 0 atom stereocenters. The minimum Gasteiger partial charge on any atom is -0.454 e. The molecule has 0 amide bonds. The van der Waals surface area contributed by atoms with Gasteiger partial charge in [-0.25, -0.2) is 9.97 Å². The summed E-state index contributed by atoms with van der Waals surface area (Å²) in [6.07, 6.45) is 4.43. The van der Waals surface area contributed by atoms with Crippen molar-refractivity contribution in [3.8, 4) is 11.3 Å². The first kappa shape index (κ1) is 21.3. The highest BCUT2D eigenvalue weighted by molar-refractivity contribution is 5.84. The van der Waals surface area contributed by atoms with Gasteiger partial charge in [0, 0.05) is 36.8 Å². The van der Waals surface area contributed by atoms with E-state index < -0.39 is 0 Å². The average molecular weight is 459 g/mol. The van der Waals surface area contributed by atoms with E-state index in [0.717, 1.165) is 78.2 Å². The average Bonchev–Trinajstić information content (AvgIpc) is 3.52. The van der Waals surface area contributed by atoms with Gasteiger partial charge in [-0.1, -0.05) is 36.8 Å². The van der Waals surface area contributed by atoms with Crippen LogP contribution in [0, 0.1) is 0 Å². The summed E-state index contributed by atoms with van der Waals surface area (Å²) < 4.78 is 11.9. The molecule has 5 heterocycles. The number of benzene rings is 1. The number of aromatic nitrogens is 4. The third-order valence-electron chi connectivity index (χ3n) is 6.64. The molecule has 0 radical (unpaired) electrons. The molecule has 2 fully saturated rings. The van der Waals surface area contributed by atoms with E-state index in [2.05, 4.69) is 44.3 Å². The van der Waals surface area contributed by atoms with Crippen LogP contribution in [0.4, 0.5) is 5.82 Å². The van der Waals surface area contributed by atoms with Crippen molar-refractivity contribution < 1.29 is 9.15 Å². The van der Waals surface area contributed by atoms with Crippen LogP contribution in [0.15, 0.2) is 46.9 Å². The van der Waals surface area contributed by atoms with Crippen LogP contribution in [0.2, 0.25) is 0 Å². The van der Waals surface area contributed by atoms with Crippen LogP contribution in [-0.2, 0) is 17.7 Å². The van der Waals surface area contributed by atoms with E-state index in [9.17, 15) is 0 Å². The lowest BCUT2D eigenvalue weighted by atomic mass is 10.1. The Hall–Kier alpha value is -3.23. The third-order valence-corrected chi connectivity index (χ3v) is 6.64. The standard InChI is InChI=1S/C26H30N6O2/c1-3-7-19(8-4-1)22-15-20(29-30-22)16-24-27-23-17-21(18-31-9-5-2-6-10-31)34-25(23)26(28-24)32-11-13-33-14-12-32/h1,3-4,7-8,15,17H,2,5-6,9-14,16,18H2,(H,29,30). The fourth-order valence-corrected chi connectivity index (χ4v) is 4.87. The summed E-state index contributed by atoms with van der Waals surface area (Å²) in [6.45, 7) is 6.09. The summed E-state index contributed by atoms with van der Waals surface area (Å²) in [5.74, 6) is 2.60. The first-order chi connectivity index (χ1) is 16.8. The minimum absolute atomic E-state index is 0.583. The highest BCUT2D eigenvalue weighted by Crippen LogP contribution is 2.29. The largest absolute Gasteiger partial charge is 0.454 e. The summed E-state index contributed by atoms with van der Waals surface area (Å²) in [5.41, 5.74) is 4.67. The van der Waals surface area contributed by atoms with Gasteiger partial charge < -0.3 is 14.1 Å². The van der Waals surface area contributed by atoms with E-state index in [4.69, 9.17) is 19.1 Å². The number of morpholine rings is 1. The Bertz CT molecular complexity index is 1240. The number of H-pyrrole nitrogens is 1. The molecule has 0 spiro atoms. The number of fused-ring (bicyclic) bond motifs is 1. The van der Waals surface area contributed by atoms with Crippen molar-refractivity contribution in [3.63, 3.8) is 0 Å². The molecule has 4 aromatic rings. The van der Waals surface area contributed by atoms with Crippen LogP contribution in [0.25, 0.3) is 22.4 Å².